The number of esters is 2. The van der Waals surface area contributed by atoms with E-state index in [1.807, 2.05) is 65.7 Å². The third-order valence-corrected chi connectivity index (χ3v) is 4.20. The van der Waals surface area contributed by atoms with E-state index in [9.17, 15) is 9.59 Å². The van der Waals surface area contributed by atoms with Crippen molar-refractivity contribution in [1.29, 1.82) is 0 Å². The molecule has 0 heterocycles. The Bertz CT molecular complexity index is 408. The normalized spacial score (nSPS) is 14.6. The van der Waals surface area contributed by atoms with Crippen LogP contribution in [-0.2, 0) is 19.1 Å². The molecule has 0 rings (SSSR count). The van der Waals surface area contributed by atoms with Gasteiger partial charge in [-0.1, -0.05) is 6.92 Å². The van der Waals surface area contributed by atoms with Crippen LogP contribution in [0.5, 0.6) is 0 Å². The molecular formula is C18H36N2O4. The van der Waals surface area contributed by atoms with Crippen LogP contribution in [0.25, 0.3) is 0 Å². The highest BCUT2D eigenvalue weighted by Gasteiger charge is 2.42. The van der Waals surface area contributed by atoms with Gasteiger partial charge in [-0.3, -0.25) is 9.59 Å². The highest BCUT2D eigenvalue weighted by Crippen LogP contribution is 2.38. The van der Waals surface area contributed by atoms with Crippen molar-refractivity contribution in [3.8, 4) is 0 Å². The zero-order valence-electron chi connectivity index (χ0n) is 16.8. The molecule has 0 aromatic carbocycles. The lowest BCUT2D eigenvalue weighted by atomic mass is 9.72. The van der Waals surface area contributed by atoms with Crippen LogP contribution < -0.4 is 0 Å². The Labute approximate surface area is 147 Å². The monoisotopic (exact) mass is 344 g/mol. The van der Waals surface area contributed by atoms with Crippen LogP contribution in [0.3, 0.4) is 0 Å². The Morgan fingerprint density at radius 2 is 1.25 bits per heavy atom. The second kappa shape index (κ2) is 9.99. The first-order valence-corrected chi connectivity index (χ1v) is 8.58. The van der Waals surface area contributed by atoms with Crippen molar-refractivity contribution in [1.82, 2.24) is 9.80 Å². The molecule has 0 aliphatic heterocycles. The number of hydrogen-bond acceptors (Lipinski definition) is 6. The predicted molar refractivity (Wildman–Crippen MR) is 95.8 cm³/mol. The maximum Gasteiger partial charge on any atom is 0.311 e. The zero-order valence-corrected chi connectivity index (χ0v) is 16.8. The second-order valence-corrected chi connectivity index (χ2v) is 7.85. The average Bonchev–Trinajstić information content (AvgIpc) is 2.45. The number of ether oxygens (including phenoxy) is 2. The summed E-state index contributed by atoms with van der Waals surface area (Å²) in [5.74, 6) is -0.522. The SMILES string of the molecule is CCC(C)(CC(C)(C)C(=O)OCCN(C)C)C(=O)OCCN(C)C. The molecule has 6 nitrogen and oxygen atoms in total. The smallest absolute Gasteiger partial charge is 0.311 e. The first-order valence-electron chi connectivity index (χ1n) is 8.58. The van der Waals surface area contributed by atoms with Crippen LogP contribution in [0.2, 0.25) is 0 Å². The minimum Gasteiger partial charge on any atom is -0.464 e. The molecular weight excluding hydrogens is 308 g/mol. The van der Waals surface area contributed by atoms with Gasteiger partial charge >= 0.3 is 11.9 Å². The third kappa shape index (κ3) is 8.11. The summed E-state index contributed by atoms with van der Waals surface area (Å²) >= 11 is 0. The van der Waals surface area contributed by atoms with Crippen LogP contribution in [0.15, 0.2) is 0 Å². The summed E-state index contributed by atoms with van der Waals surface area (Å²) in [5, 5.41) is 0. The number of nitrogens with zero attached hydrogens (tertiary/aromatic N) is 2. The number of rotatable bonds is 11. The lowest BCUT2D eigenvalue weighted by Crippen LogP contribution is -2.39. The van der Waals surface area contributed by atoms with Crippen molar-refractivity contribution in [2.45, 2.75) is 40.5 Å². The topological polar surface area (TPSA) is 59.1 Å². The fraction of sp³-hybridized carbons (Fsp3) is 0.889. The predicted octanol–water partition coefficient (Wildman–Crippen LogP) is 2.03. The van der Waals surface area contributed by atoms with E-state index in [-0.39, 0.29) is 11.9 Å². The summed E-state index contributed by atoms with van der Waals surface area (Å²) in [6.07, 6.45) is 1.01. The van der Waals surface area contributed by atoms with E-state index in [1.165, 1.54) is 0 Å². The van der Waals surface area contributed by atoms with Gasteiger partial charge in [0.05, 0.1) is 10.8 Å². The van der Waals surface area contributed by atoms with Gasteiger partial charge < -0.3 is 19.3 Å². The van der Waals surface area contributed by atoms with Crippen molar-refractivity contribution in [3.05, 3.63) is 0 Å². The Balaban J connectivity index is 4.73. The van der Waals surface area contributed by atoms with Crippen molar-refractivity contribution in [2.24, 2.45) is 10.8 Å². The van der Waals surface area contributed by atoms with E-state index < -0.39 is 10.8 Å². The van der Waals surface area contributed by atoms with Gasteiger partial charge in [0.15, 0.2) is 0 Å². The maximum absolute atomic E-state index is 12.5. The standard InChI is InChI=1S/C18H36N2O4/c1-9-18(4,16(22)24-13-11-20(7)8)14-17(2,3)15(21)23-12-10-19(5)6/h9-14H2,1-8H3. The molecule has 0 radical (unpaired) electrons. The van der Waals surface area contributed by atoms with E-state index in [0.29, 0.717) is 39.1 Å². The molecule has 1 unspecified atom stereocenters. The third-order valence-electron chi connectivity index (χ3n) is 4.20. The fourth-order valence-electron chi connectivity index (χ4n) is 2.40. The van der Waals surface area contributed by atoms with Crippen molar-refractivity contribution < 1.29 is 19.1 Å². The van der Waals surface area contributed by atoms with Crippen molar-refractivity contribution in [2.75, 3.05) is 54.5 Å². The first kappa shape index (κ1) is 22.9. The van der Waals surface area contributed by atoms with Crippen molar-refractivity contribution in [3.63, 3.8) is 0 Å². The molecule has 0 amide bonds. The van der Waals surface area contributed by atoms with E-state index in [0.717, 1.165) is 0 Å². The Hall–Kier alpha value is -1.14. The summed E-state index contributed by atoms with van der Waals surface area (Å²) in [5.41, 5.74) is -1.44. The van der Waals surface area contributed by atoms with E-state index in [1.54, 1.807) is 0 Å². The fourth-order valence-corrected chi connectivity index (χ4v) is 2.40. The second-order valence-electron chi connectivity index (χ2n) is 7.85. The molecule has 142 valence electrons. The van der Waals surface area contributed by atoms with Gasteiger partial charge in [-0.05, 0) is 61.8 Å². The van der Waals surface area contributed by atoms with Crippen LogP contribution in [0.1, 0.15) is 40.5 Å². The molecule has 1 atom stereocenters. The molecule has 0 fully saturated rings. The van der Waals surface area contributed by atoms with Gasteiger partial charge in [0, 0.05) is 13.1 Å². The molecule has 0 spiro atoms. The van der Waals surface area contributed by atoms with Gasteiger partial charge in [0.25, 0.3) is 0 Å². The number of hydrogen-bond donors (Lipinski definition) is 0. The molecule has 0 aromatic heterocycles. The van der Waals surface area contributed by atoms with Crippen LogP contribution in [0.4, 0.5) is 0 Å². The van der Waals surface area contributed by atoms with Gasteiger partial charge in [0.2, 0.25) is 0 Å². The number of likely N-dealkylation sites (N-methyl/N-ethyl adjacent to an activating group) is 2. The molecule has 0 bridgehead atoms. The van der Waals surface area contributed by atoms with Crippen molar-refractivity contribution >= 4 is 11.9 Å². The summed E-state index contributed by atoms with van der Waals surface area (Å²) < 4.78 is 10.8. The Morgan fingerprint density at radius 1 is 0.833 bits per heavy atom. The zero-order chi connectivity index (χ0) is 19.0. The van der Waals surface area contributed by atoms with Gasteiger partial charge in [-0.2, -0.15) is 0 Å². The van der Waals surface area contributed by atoms with Crippen LogP contribution in [0, 0.1) is 10.8 Å². The Morgan fingerprint density at radius 3 is 1.62 bits per heavy atom. The molecule has 0 N–H and O–H groups in total. The minimum atomic E-state index is -0.738. The number of carbonyl (C=O) groups is 2. The van der Waals surface area contributed by atoms with Crippen LogP contribution >= 0.6 is 0 Å². The van der Waals surface area contributed by atoms with Crippen LogP contribution in [-0.4, -0.2) is 76.2 Å². The average molecular weight is 344 g/mol. The summed E-state index contributed by atoms with van der Waals surface area (Å²) in [6.45, 7) is 9.53. The number of carbonyl (C=O) groups excluding carboxylic acids is 2. The molecule has 24 heavy (non-hydrogen) atoms. The molecule has 0 saturated carbocycles. The molecule has 0 aliphatic rings. The quantitative estimate of drug-likeness (QED) is 0.535. The van der Waals surface area contributed by atoms with Gasteiger partial charge in [-0.25, -0.2) is 0 Å². The summed E-state index contributed by atoms with van der Waals surface area (Å²) in [6, 6.07) is 0. The van der Waals surface area contributed by atoms with E-state index in [4.69, 9.17) is 9.47 Å². The summed E-state index contributed by atoms with van der Waals surface area (Å²) in [4.78, 5) is 28.8. The molecule has 6 heteroatoms. The molecule has 0 saturated heterocycles. The highest BCUT2D eigenvalue weighted by molar-refractivity contribution is 5.80. The van der Waals surface area contributed by atoms with Gasteiger partial charge in [0.1, 0.15) is 13.2 Å². The summed E-state index contributed by atoms with van der Waals surface area (Å²) in [7, 11) is 7.72. The van der Waals surface area contributed by atoms with E-state index in [2.05, 4.69) is 0 Å². The minimum absolute atomic E-state index is 0.249. The lowest BCUT2D eigenvalue weighted by Gasteiger charge is -2.33. The molecule has 0 aromatic rings. The van der Waals surface area contributed by atoms with E-state index >= 15 is 0 Å². The lowest BCUT2D eigenvalue weighted by molar-refractivity contribution is -0.163. The largest absolute Gasteiger partial charge is 0.464 e. The molecule has 0 aliphatic carbocycles. The highest BCUT2D eigenvalue weighted by atomic mass is 16.5. The first-order chi connectivity index (χ1) is 10.9. The Kier molecular flexibility index (Phi) is 9.51. The van der Waals surface area contributed by atoms with Gasteiger partial charge in [-0.15, -0.1) is 0 Å². The maximum atomic E-state index is 12.5.